The molecule has 1 aromatic carbocycles. The number of carbonyl (C=O) groups excluding carboxylic acids is 2. The predicted molar refractivity (Wildman–Crippen MR) is 98.4 cm³/mol. The number of hydrogen-bond acceptors (Lipinski definition) is 3. The van der Waals surface area contributed by atoms with Crippen molar-refractivity contribution in [1.29, 1.82) is 0 Å². The van der Waals surface area contributed by atoms with Gasteiger partial charge in [0.1, 0.15) is 17.3 Å². The summed E-state index contributed by atoms with van der Waals surface area (Å²) >= 11 is 0. The third-order valence-electron chi connectivity index (χ3n) is 5.90. The molecule has 2 amide bonds. The lowest BCUT2D eigenvalue weighted by molar-refractivity contribution is -0.124. The van der Waals surface area contributed by atoms with Crippen LogP contribution in [0.2, 0.25) is 0 Å². The summed E-state index contributed by atoms with van der Waals surface area (Å²) in [6.45, 7) is 2.52. The minimum Gasteiger partial charge on any atom is -0.356 e. The van der Waals surface area contributed by atoms with Gasteiger partial charge in [-0.1, -0.05) is 0 Å². The van der Waals surface area contributed by atoms with Crippen LogP contribution in [0.4, 0.5) is 4.39 Å². The molecule has 1 aliphatic heterocycles. The van der Waals surface area contributed by atoms with Crippen LogP contribution >= 0.6 is 0 Å². The smallest absolute Gasteiger partial charge is 0.274 e. The molecule has 142 valence electrons. The standard InChI is InChI=1S/C20H23FN4O2/c1-11-18(24-19(23-11)12-3-5-15(21)6-4-12)20(27)25(2)16-7-13-9-17(26)22-10-14(13)8-16/h3-6,13-14,16H,7-10H2,1-2H3,(H,22,26)(H,23,24)/t13-,14+,16-/m0/s1. The summed E-state index contributed by atoms with van der Waals surface area (Å²) in [6.07, 6.45) is 2.31. The van der Waals surface area contributed by atoms with Crippen molar-refractivity contribution in [3.8, 4) is 11.4 Å². The number of benzene rings is 1. The summed E-state index contributed by atoms with van der Waals surface area (Å²) in [6, 6.07) is 6.13. The van der Waals surface area contributed by atoms with Gasteiger partial charge in [0.25, 0.3) is 5.91 Å². The van der Waals surface area contributed by atoms with Gasteiger partial charge in [-0.15, -0.1) is 0 Å². The molecule has 2 N–H and O–H groups in total. The molecule has 2 aliphatic rings. The van der Waals surface area contributed by atoms with Crippen molar-refractivity contribution in [3.05, 3.63) is 41.5 Å². The lowest BCUT2D eigenvalue weighted by atomic mass is 9.89. The molecule has 3 atom stereocenters. The normalized spacial score (nSPS) is 24.4. The van der Waals surface area contributed by atoms with Gasteiger partial charge >= 0.3 is 0 Å². The number of imidazole rings is 1. The van der Waals surface area contributed by atoms with E-state index >= 15 is 0 Å². The lowest BCUT2D eigenvalue weighted by Crippen LogP contribution is -2.38. The summed E-state index contributed by atoms with van der Waals surface area (Å²) in [7, 11) is 1.81. The molecular weight excluding hydrogens is 347 g/mol. The van der Waals surface area contributed by atoms with Crippen LogP contribution in [0, 0.1) is 24.6 Å². The molecule has 1 aromatic heterocycles. The fraction of sp³-hybridized carbons (Fsp3) is 0.450. The highest BCUT2D eigenvalue weighted by molar-refractivity contribution is 5.94. The Balaban J connectivity index is 1.51. The molecule has 7 heteroatoms. The summed E-state index contributed by atoms with van der Waals surface area (Å²) in [5.74, 6) is 1.03. The average Bonchev–Trinajstić information content (AvgIpc) is 3.24. The predicted octanol–water partition coefficient (Wildman–Crippen LogP) is 2.51. The van der Waals surface area contributed by atoms with Crippen LogP contribution in [-0.4, -0.2) is 46.3 Å². The number of halogens is 1. The molecule has 1 saturated carbocycles. The molecule has 0 unspecified atom stereocenters. The maximum absolute atomic E-state index is 13.1. The quantitative estimate of drug-likeness (QED) is 0.871. The highest BCUT2D eigenvalue weighted by Crippen LogP contribution is 2.38. The van der Waals surface area contributed by atoms with Crippen molar-refractivity contribution in [2.75, 3.05) is 13.6 Å². The van der Waals surface area contributed by atoms with E-state index in [-0.39, 0.29) is 23.7 Å². The summed E-state index contributed by atoms with van der Waals surface area (Å²) < 4.78 is 13.1. The molecule has 2 heterocycles. The van der Waals surface area contributed by atoms with E-state index in [1.807, 2.05) is 14.0 Å². The maximum Gasteiger partial charge on any atom is 0.274 e. The van der Waals surface area contributed by atoms with E-state index in [2.05, 4.69) is 15.3 Å². The first-order chi connectivity index (χ1) is 12.9. The number of hydrogen-bond donors (Lipinski definition) is 2. The summed E-state index contributed by atoms with van der Waals surface area (Å²) in [5, 5.41) is 2.92. The largest absolute Gasteiger partial charge is 0.356 e. The van der Waals surface area contributed by atoms with Gasteiger partial charge in [-0.25, -0.2) is 9.37 Å². The number of H-pyrrole nitrogens is 1. The average molecular weight is 370 g/mol. The van der Waals surface area contributed by atoms with Crippen LogP contribution in [0.25, 0.3) is 11.4 Å². The highest BCUT2D eigenvalue weighted by atomic mass is 19.1. The molecule has 0 spiro atoms. The van der Waals surface area contributed by atoms with E-state index in [1.54, 1.807) is 17.0 Å². The Morgan fingerprint density at radius 1 is 1.22 bits per heavy atom. The van der Waals surface area contributed by atoms with E-state index in [0.717, 1.165) is 18.4 Å². The number of piperidine rings is 1. The van der Waals surface area contributed by atoms with Gasteiger partial charge < -0.3 is 15.2 Å². The second kappa shape index (κ2) is 6.79. The topological polar surface area (TPSA) is 78.1 Å². The number of aryl methyl sites for hydroxylation is 1. The second-order valence-corrected chi connectivity index (χ2v) is 7.64. The number of aromatic amines is 1. The van der Waals surface area contributed by atoms with Crippen molar-refractivity contribution < 1.29 is 14.0 Å². The van der Waals surface area contributed by atoms with Gasteiger partial charge in [0.2, 0.25) is 5.91 Å². The molecule has 1 saturated heterocycles. The molecule has 0 radical (unpaired) electrons. The van der Waals surface area contributed by atoms with Gasteiger partial charge in [0.05, 0.1) is 0 Å². The van der Waals surface area contributed by atoms with Crippen LogP contribution in [0.3, 0.4) is 0 Å². The molecule has 6 nitrogen and oxygen atoms in total. The Hall–Kier alpha value is -2.70. The number of fused-ring (bicyclic) bond motifs is 1. The van der Waals surface area contributed by atoms with Crippen LogP contribution in [0.1, 0.15) is 35.4 Å². The first-order valence-corrected chi connectivity index (χ1v) is 9.28. The van der Waals surface area contributed by atoms with E-state index in [0.29, 0.717) is 42.0 Å². The Morgan fingerprint density at radius 2 is 1.93 bits per heavy atom. The first-order valence-electron chi connectivity index (χ1n) is 9.28. The molecule has 4 rings (SSSR count). The number of carbonyl (C=O) groups is 2. The van der Waals surface area contributed by atoms with Crippen molar-refractivity contribution in [2.24, 2.45) is 11.8 Å². The minimum atomic E-state index is -0.311. The van der Waals surface area contributed by atoms with Gasteiger partial charge in [-0.05, 0) is 55.9 Å². The number of nitrogens with zero attached hydrogens (tertiary/aromatic N) is 2. The lowest BCUT2D eigenvalue weighted by Gasteiger charge is -2.24. The first kappa shape index (κ1) is 17.7. The monoisotopic (exact) mass is 370 g/mol. The third kappa shape index (κ3) is 3.34. The highest BCUT2D eigenvalue weighted by Gasteiger charge is 2.41. The summed E-state index contributed by atoms with van der Waals surface area (Å²) in [4.78, 5) is 34.0. The number of rotatable bonds is 3. The fourth-order valence-corrected chi connectivity index (χ4v) is 4.30. The third-order valence-corrected chi connectivity index (χ3v) is 5.90. The van der Waals surface area contributed by atoms with Gasteiger partial charge in [0, 0.05) is 37.3 Å². The zero-order valence-corrected chi connectivity index (χ0v) is 15.5. The van der Waals surface area contributed by atoms with E-state index in [9.17, 15) is 14.0 Å². The Labute approximate surface area is 157 Å². The van der Waals surface area contributed by atoms with Crippen molar-refractivity contribution >= 4 is 11.8 Å². The van der Waals surface area contributed by atoms with Gasteiger partial charge in [-0.3, -0.25) is 9.59 Å². The van der Waals surface area contributed by atoms with Gasteiger partial charge in [-0.2, -0.15) is 0 Å². The van der Waals surface area contributed by atoms with Crippen LogP contribution in [0.15, 0.2) is 24.3 Å². The maximum atomic E-state index is 13.1. The summed E-state index contributed by atoms with van der Waals surface area (Å²) in [5.41, 5.74) is 1.82. The minimum absolute atomic E-state index is 0.109. The van der Waals surface area contributed by atoms with Crippen LogP contribution in [-0.2, 0) is 4.79 Å². The molecule has 1 aliphatic carbocycles. The van der Waals surface area contributed by atoms with Crippen molar-refractivity contribution in [2.45, 2.75) is 32.2 Å². The van der Waals surface area contributed by atoms with E-state index in [4.69, 9.17) is 0 Å². The number of aromatic nitrogens is 2. The SMILES string of the molecule is Cc1[nH]c(-c2ccc(F)cc2)nc1C(=O)N(C)[C@H]1C[C@H]2CC(=O)NC[C@H]2C1. The fourth-order valence-electron chi connectivity index (χ4n) is 4.30. The molecular formula is C20H23FN4O2. The molecule has 2 aromatic rings. The number of amides is 2. The van der Waals surface area contributed by atoms with Crippen LogP contribution in [0.5, 0.6) is 0 Å². The molecule has 27 heavy (non-hydrogen) atoms. The van der Waals surface area contributed by atoms with Crippen molar-refractivity contribution in [3.63, 3.8) is 0 Å². The van der Waals surface area contributed by atoms with Gasteiger partial charge in [0.15, 0.2) is 0 Å². The molecule has 0 bridgehead atoms. The number of nitrogens with one attached hydrogen (secondary N) is 2. The molecule has 2 fully saturated rings. The van der Waals surface area contributed by atoms with E-state index < -0.39 is 0 Å². The Kier molecular flexibility index (Phi) is 4.45. The van der Waals surface area contributed by atoms with Crippen molar-refractivity contribution in [1.82, 2.24) is 20.2 Å². The zero-order valence-electron chi connectivity index (χ0n) is 15.5. The van der Waals surface area contributed by atoms with E-state index in [1.165, 1.54) is 12.1 Å². The second-order valence-electron chi connectivity index (χ2n) is 7.64. The Morgan fingerprint density at radius 3 is 2.67 bits per heavy atom. The Bertz CT molecular complexity index is 877. The van der Waals surface area contributed by atoms with Crippen LogP contribution < -0.4 is 5.32 Å². The zero-order chi connectivity index (χ0) is 19.1.